The fourth-order valence-corrected chi connectivity index (χ4v) is 9.26. The van der Waals surface area contributed by atoms with Crippen molar-refractivity contribution in [2.45, 2.75) is 112 Å². The van der Waals surface area contributed by atoms with Gasteiger partial charge in [-0.25, -0.2) is 0 Å². The van der Waals surface area contributed by atoms with Crippen molar-refractivity contribution in [3.63, 3.8) is 0 Å². The number of hydrogen-bond donors (Lipinski definition) is 0. The number of hydrogen-bond acceptors (Lipinski definition) is 2. The van der Waals surface area contributed by atoms with Gasteiger partial charge in [0.25, 0.3) is 0 Å². The monoisotopic (exact) mass is 454 g/mol. The third-order valence-electron chi connectivity index (χ3n) is 11.9. The van der Waals surface area contributed by atoms with E-state index < -0.39 is 0 Å². The molecular weight excluding hydrogens is 404 g/mol. The summed E-state index contributed by atoms with van der Waals surface area (Å²) in [7, 11) is 1.79. The average molecular weight is 455 g/mol. The maximum absolute atomic E-state index is 12.8. The van der Waals surface area contributed by atoms with Crippen LogP contribution in [0.1, 0.15) is 107 Å². The van der Waals surface area contributed by atoms with E-state index in [0.29, 0.717) is 34.4 Å². The summed E-state index contributed by atoms with van der Waals surface area (Å²) in [6.45, 7) is 19.0. The SMILES string of the molecule is COC(C)(C)/C=C/C[C@H](C)[C@@H]1CC[C@]2(C)C3=CC[C@@H]4C(C)(C)C(=O)CC[C@]4(C)[C@@H]3CC[C@@]12C. The van der Waals surface area contributed by atoms with E-state index >= 15 is 0 Å². The molecule has 4 aliphatic carbocycles. The van der Waals surface area contributed by atoms with Gasteiger partial charge in [-0.15, -0.1) is 0 Å². The summed E-state index contributed by atoms with van der Waals surface area (Å²) < 4.78 is 5.58. The molecule has 0 bridgehead atoms. The van der Waals surface area contributed by atoms with Crippen molar-refractivity contribution in [2.24, 2.45) is 45.3 Å². The second-order valence-corrected chi connectivity index (χ2v) is 14.0. The molecule has 2 nitrogen and oxygen atoms in total. The maximum Gasteiger partial charge on any atom is 0.138 e. The summed E-state index contributed by atoms with van der Waals surface area (Å²) in [5, 5.41) is 0. The van der Waals surface area contributed by atoms with Gasteiger partial charge < -0.3 is 4.74 Å². The predicted molar refractivity (Wildman–Crippen MR) is 138 cm³/mol. The second-order valence-electron chi connectivity index (χ2n) is 14.0. The normalized spacial score (nSPS) is 43.6. The highest BCUT2D eigenvalue weighted by Gasteiger charge is 2.65. The first-order chi connectivity index (χ1) is 15.2. The lowest BCUT2D eigenvalue weighted by Crippen LogP contribution is -2.57. The van der Waals surface area contributed by atoms with Crippen molar-refractivity contribution in [1.82, 2.24) is 0 Å². The Morgan fingerprint density at radius 2 is 1.82 bits per heavy atom. The van der Waals surface area contributed by atoms with E-state index in [4.69, 9.17) is 4.74 Å². The van der Waals surface area contributed by atoms with Gasteiger partial charge in [0, 0.05) is 18.9 Å². The standard InChI is InChI=1S/C31H50O2/c1-21(11-10-17-27(2,3)33-9)22-14-19-31(8)24-12-13-25-28(4,5)26(32)16-18-29(25,6)23(24)15-20-30(22,31)7/h10,12,17,21-23,25H,11,13-16,18-20H2,1-9H3/b17-10+/t21-,22-,23+,25+,29+,30-,31+/m0/s1. The maximum atomic E-state index is 12.8. The number of rotatable bonds is 5. The molecule has 0 unspecified atom stereocenters. The van der Waals surface area contributed by atoms with Gasteiger partial charge in [-0.1, -0.05) is 65.3 Å². The lowest BCUT2D eigenvalue weighted by Gasteiger charge is -2.63. The molecule has 3 fully saturated rings. The Morgan fingerprint density at radius 1 is 1.12 bits per heavy atom. The molecule has 0 radical (unpaired) electrons. The number of carbonyl (C=O) groups is 1. The number of fused-ring (bicyclic) bond motifs is 5. The minimum absolute atomic E-state index is 0.175. The third kappa shape index (κ3) is 3.64. The molecule has 0 N–H and O–H groups in total. The predicted octanol–water partition coefficient (Wildman–Crippen LogP) is 8.17. The Balaban J connectivity index is 1.60. The minimum Gasteiger partial charge on any atom is -0.375 e. The van der Waals surface area contributed by atoms with Crippen LogP contribution in [0.5, 0.6) is 0 Å². The molecule has 0 aromatic heterocycles. The van der Waals surface area contributed by atoms with Crippen molar-refractivity contribution in [1.29, 1.82) is 0 Å². The van der Waals surface area contributed by atoms with Crippen molar-refractivity contribution >= 4 is 5.78 Å². The fourth-order valence-electron chi connectivity index (χ4n) is 9.26. The highest BCUT2D eigenvalue weighted by atomic mass is 16.5. The first kappa shape index (κ1) is 25.2. The van der Waals surface area contributed by atoms with Crippen molar-refractivity contribution in [3.8, 4) is 0 Å². The smallest absolute Gasteiger partial charge is 0.138 e. The van der Waals surface area contributed by atoms with Crippen LogP contribution in [0, 0.1) is 45.3 Å². The second kappa shape index (κ2) is 8.07. The average Bonchev–Trinajstić information content (AvgIpc) is 3.02. The quantitative estimate of drug-likeness (QED) is 0.392. The third-order valence-corrected chi connectivity index (χ3v) is 11.9. The van der Waals surface area contributed by atoms with E-state index in [1.54, 1.807) is 12.7 Å². The van der Waals surface area contributed by atoms with Crippen molar-refractivity contribution in [3.05, 3.63) is 23.8 Å². The van der Waals surface area contributed by atoms with E-state index in [1.165, 1.54) is 25.7 Å². The minimum atomic E-state index is -0.181. The number of ketones is 1. The zero-order valence-electron chi connectivity index (χ0n) is 23.0. The Bertz CT molecular complexity index is 847. The number of Topliss-reactive ketones (excluding diaryl/α,β-unsaturated/α-hetero) is 1. The molecule has 4 aliphatic rings. The zero-order chi connectivity index (χ0) is 24.4. The van der Waals surface area contributed by atoms with Gasteiger partial charge in [0.15, 0.2) is 0 Å². The molecule has 7 atom stereocenters. The van der Waals surface area contributed by atoms with Crippen LogP contribution in [-0.2, 0) is 9.53 Å². The topological polar surface area (TPSA) is 26.3 Å². The summed E-state index contributed by atoms with van der Waals surface area (Å²) in [4.78, 5) is 12.8. The van der Waals surface area contributed by atoms with E-state index in [-0.39, 0.29) is 16.4 Å². The summed E-state index contributed by atoms with van der Waals surface area (Å²) in [5.41, 5.74) is 2.40. The summed E-state index contributed by atoms with van der Waals surface area (Å²) in [5.74, 6) is 3.12. The molecule has 0 aromatic rings. The fraction of sp³-hybridized carbons (Fsp3) is 0.839. The van der Waals surface area contributed by atoms with E-state index in [1.807, 2.05) is 0 Å². The first-order valence-electron chi connectivity index (χ1n) is 13.7. The zero-order valence-corrected chi connectivity index (χ0v) is 23.0. The van der Waals surface area contributed by atoms with Crippen LogP contribution in [0.3, 0.4) is 0 Å². The van der Waals surface area contributed by atoms with Gasteiger partial charge in [0.05, 0.1) is 5.60 Å². The number of carbonyl (C=O) groups excluding carboxylic acids is 1. The van der Waals surface area contributed by atoms with Crippen LogP contribution < -0.4 is 0 Å². The lowest BCUT2D eigenvalue weighted by molar-refractivity contribution is -0.146. The van der Waals surface area contributed by atoms with Gasteiger partial charge in [0.1, 0.15) is 5.78 Å². The van der Waals surface area contributed by atoms with E-state index in [2.05, 4.69) is 73.6 Å². The van der Waals surface area contributed by atoms with Gasteiger partial charge >= 0.3 is 0 Å². The number of ether oxygens (including phenoxy) is 1. The van der Waals surface area contributed by atoms with Crippen LogP contribution >= 0.6 is 0 Å². The molecule has 4 rings (SSSR count). The van der Waals surface area contributed by atoms with Crippen molar-refractivity contribution < 1.29 is 9.53 Å². The Morgan fingerprint density at radius 3 is 2.48 bits per heavy atom. The Hall–Kier alpha value is -0.890. The molecule has 3 saturated carbocycles. The van der Waals surface area contributed by atoms with Crippen LogP contribution in [-0.4, -0.2) is 18.5 Å². The summed E-state index contributed by atoms with van der Waals surface area (Å²) >= 11 is 0. The number of methoxy groups -OCH3 is 1. The Kier molecular flexibility index (Phi) is 6.17. The summed E-state index contributed by atoms with van der Waals surface area (Å²) in [6.07, 6.45) is 16.7. The molecule has 0 saturated heterocycles. The van der Waals surface area contributed by atoms with Crippen LogP contribution in [0.2, 0.25) is 0 Å². The lowest BCUT2D eigenvalue weighted by atomic mass is 9.41. The highest BCUT2D eigenvalue weighted by molar-refractivity contribution is 5.85. The van der Waals surface area contributed by atoms with Crippen molar-refractivity contribution in [2.75, 3.05) is 7.11 Å². The first-order valence-corrected chi connectivity index (χ1v) is 13.7. The van der Waals surface area contributed by atoms with E-state index in [0.717, 1.165) is 31.6 Å². The van der Waals surface area contributed by atoms with Gasteiger partial charge in [0.2, 0.25) is 0 Å². The highest BCUT2D eigenvalue weighted by Crippen LogP contribution is 2.73. The van der Waals surface area contributed by atoms with Crippen LogP contribution in [0.25, 0.3) is 0 Å². The molecule has 0 heterocycles. The Labute approximate surface area is 204 Å². The van der Waals surface area contributed by atoms with Gasteiger partial charge in [-0.3, -0.25) is 4.79 Å². The van der Waals surface area contributed by atoms with Crippen LogP contribution in [0.15, 0.2) is 23.8 Å². The molecule has 186 valence electrons. The number of allylic oxidation sites excluding steroid dienone is 3. The van der Waals surface area contributed by atoms with E-state index in [9.17, 15) is 4.79 Å². The molecule has 0 spiro atoms. The van der Waals surface area contributed by atoms with Gasteiger partial charge in [-0.05, 0) is 98.7 Å². The molecule has 33 heavy (non-hydrogen) atoms. The molecule has 0 aromatic carbocycles. The summed E-state index contributed by atoms with van der Waals surface area (Å²) in [6, 6.07) is 0. The van der Waals surface area contributed by atoms with Crippen LogP contribution in [0.4, 0.5) is 0 Å². The molecule has 2 heteroatoms. The molecular formula is C31H50O2. The largest absolute Gasteiger partial charge is 0.375 e. The molecule has 0 amide bonds. The van der Waals surface area contributed by atoms with Gasteiger partial charge in [-0.2, -0.15) is 0 Å². The molecule has 0 aliphatic heterocycles.